The number of carbonyl (C=O) groups is 1. The number of hydrogen-bond acceptors (Lipinski definition) is 6. The van der Waals surface area contributed by atoms with Crippen molar-refractivity contribution in [3.63, 3.8) is 0 Å². The molecule has 1 saturated heterocycles. The number of ether oxygens (including phenoxy) is 1. The monoisotopic (exact) mass is 495 g/mol. The fourth-order valence-electron chi connectivity index (χ4n) is 3.63. The van der Waals surface area contributed by atoms with Gasteiger partial charge in [0.2, 0.25) is 11.8 Å². The quantitative estimate of drug-likeness (QED) is 0.394. The van der Waals surface area contributed by atoms with Gasteiger partial charge in [0.15, 0.2) is 11.9 Å². The number of carbonyl (C=O) groups excluding carboxylic acids is 1. The van der Waals surface area contributed by atoms with Gasteiger partial charge in [0, 0.05) is 24.6 Å². The van der Waals surface area contributed by atoms with Crippen LogP contribution in [0.5, 0.6) is 5.88 Å². The van der Waals surface area contributed by atoms with Crippen LogP contribution in [0.1, 0.15) is 18.0 Å². The zero-order chi connectivity index (χ0) is 24.5. The Morgan fingerprint density at radius 1 is 1.29 bits per heavy atom. The van der Waals surface area contributed by atoms with Crippen LogP contribution in [-0.2, 0) is 4.79 Å². The van der Waals surface area contributed by atoms with Crippen LogP contribution in [0.25, 0.3) is 11.0 Å². The van der Waals surface area contributed by atoms with E-state index in [2.05, 4.69) is 26.8 Å². The number of likely N-dealkylation sites (tertiary alicyclic amines) is 1. The SMILES string of the molecule is C=CC(=O)N1CC[C@H](Oc2ccc3ncnc(N[C@H](c4cccc(Cl)c4F)C(F)(F)F)c3n2)C1. The minimum absolute atomic E-state index is 0.00806. The fraction of sp³-hybridized carbons (Fsp3) is 0.273. The van der Waals surface area contributed by atoms with Gasteiger partial charge >= 0.3 is 6.18 Å². The number of nitrogens with one attached hydrogen (secondary N) is 1. The average molecular weight is 496 g/mol. The van der Waals surface area contributed by atoms with Crippen LogP contribution in [-0.4, -0.2) is 51.1 Å². The molecule has 2 atom stereocenters. The van der Waals surface area contributed by atoms with Crippen molar-refractivity contribution in [3.8, 4) is 5.88 Å². The van der Waals surface area contributed by atoms with E-state index < -0.39 is 28.6 Å². The van der Waals surface area contributed by atoms with E-state index in [1.54, 1.807) is 4.90 Å². The summed E-state index contributed by atoms with van der Waals surface area (Å²) in [4.78, 5) is 25.5. The maximum atomic E-state index is 14.4. The van der Waals surface area contributed by atoms with Gasteiger partial charge in [-0.05, 0) is 18.2 Å². The van der Waals surface area contributed by atoms with Gasteiger partial charge in [-0.2, -0.15) is 13.2 Å². The van der Waals surface area contributed by atoms with Crippen LogP contribution in [0, 0.1) is 5.82 Å². The number of anilines is 1. The predicted molar refractivity (Wildman–Crippen MR) is 117 cm³/mol. The van der Waals surface area contributed by atoms with Crippen molar-refractivity contribution in [3.05, 3.63) is 65.7 Å². The Kier molecular flexibility index (Phi) is 6.56. The molecule has 0 spiro atoms. The molecule has 0 saturated carbocycles. The fourth-order valence-corrected chi connectivity index (χ4v) is 3.82. The smallest absolute Gasteiger partial charge is 0.412 e. The number of aromatic nitrogens is 3. The summed E-state index contributed by atoms with van der Waals surface area (Å²) in [5.74, 6) is -1.54. The molecule has 1 aliphatic heterocycles. The molecule has 12 heteroatoms. The third-order valence-electron chi connectivity index (χ3n) is 5.28. The molecule has 1 aromatic carbocycles. The van der Waals surface area contributed by atoms with Gasteiger partial charge in [-0.15, -0.1) is 0 Å². The molecule has 0 unspecified atom stereocenters. The maximum absolute atomic E-state index is 14.4. The van der Waals surface area contributed by atoms with Crippen molar-refractivity contribution in [1.29, 1.82) is 0 Å². The van der Waals surface area contributed by atoms with Crippen molar-refractivity contribution < 1.29 is 27.1 Å². The first-order valence-electron chi connectivity index (χ1n) is 10.1. The molecule has 1 aliphatic rings. The summed E-state index contributed by atoms with van der Waals surface area (Å²) >= 11 is 5.69. The first kappa shape index (κ1) is 23.7. The summed E-state index contributed by atoms with van der Waals surface area (Å²) < 4.78 is 61.9. The van der Waals surface area contributed by atoms with Gasteiger partial charge < -0.3 is 15.0 Å². The molecule has 34 heavy (non-hydrogen) atoms. The van der Waals surface area contributed by atoms with Crippen LogP contribution < -0.4 is 10.1 Å². The van der Waals surface area contributed by atoms with Crippen LogP contribution in [0.15, 0.2) is 49.3 Å². The predicted octanol–water partition coefficient (Wildman–Crippen LogP) is 4.70. The van der Waals surface area contributed by atoms with Crippen LogP contribution >= 0.6 is 11.6 Å². The number of amides is 1. The second-order valence-electron chi connectivity index (χ2n) is 7.52. The van der Waals surface area contributed by atoms with Crippen molar-refractivity contribution in [2.75, 3.05) is 18.4 Å². The summed E-state index contributed by atoms with van der Waals surface area (Å²) in [6.07, 6.45) is -2.38. The van der Waals surface area contributed by atoms with Gasteiger partial charge in [-0.3, -0.25) is 4.79 Å². The highest BCUT2D eigenvalue weighted by atomic mass is 35.5. The Balaban J connectivity index is 1.64. The molecule has 3 heterocycles. The second kappa shape index (κ2) is 9.41. The Morgan fingerprint density at radius 2 is 2.09 bits per heavy atom. The Hall–Kier alpha value is -3.47. The highest BCUT2D eigenvalue weighted by Gasteiger charge is 2.43. The number of alkyl halides is 3. The molecule has 178 valence electrons. The van der Waals surface area contributed by atoms with E-state index in [-0.39, 0.29) is 34.7 Å². The second-order valence-corrected chi connectivity index (χ2v) is 7.93. The molecule has 0 bridgehead atoms. The number of halogens is 5. The first-order valence-corrected chi connectivity index (χ1v) is 10.5. The molecule has 2 aromatic heterocycles. The summed E-state index contributed by atoms with van der Waals surface area (Å²) in [6, 6.07) is 3.98. The van der Waals surface area contributed by atoms with E-state index in [1.807, 2.05) is 0 Å². The van der Waals surface area contributed by atoms with Crippen molar-refractivity contribution >= 4 is 34.4 Å². The van der Waals surface area contributed by atoms with E-state index in [1.165, 1.54) is 24.3 Å². The topological polar surface area (TPSA) is 80.2 Å². The van der Waals surface area contributed by atoms with Crippen molar-refractivity contribution in [2.24, 2.45) is 0 Å². The number of hydrogen-bond donors (Lipinski definition) is 1. The van der Waals surface area contributed by atoms with Gasteiger partial charge in [-0.25, -0.2) is 19.3 Å². The molecule has 0 radical (unpaired) electrons. The minimum Gasteiger partial charge on any atom is -0.472 e. The molecule has 1 amide bonds. The van der Waals surface area contributed by atoms with Gasteiger partial charge in [0.1, 0.15) is 23.8 Å². The third-order valence-corrected chi connectivity index (χ3v) is 5.57. The normalized spacial score (nSPS) is 17.0. The number of pyridine rings is 1. The van der Waals surface area contributed by atoms with E-state index in [4.69, 9.17) is 16.3 Å². The lowest BCUT2D eigenvalue weighted by Gasteiger charge is -2.23. The van der Waals surface area contributed by atoms with Crippen LogP contribution in [0.3, 0.4) is 0 Å². The zero-order valence-corrected chi connectivity index (χ0v) is 18.3. The maximum Gasteiger partial charge on any atom is 0.412 e. The Labute approximate surface area is 196 Å². The number of benzene rings is 1. The zero-order valence-electron chi connectivity index (χ0n) is 17.5. The molecule has 1 N–H and O–H groups in total. The molecular weight excluding hydrogens is 478 g/mol. The molecular formula is C22H18ClF4N5O2. The molecule has 0 aliphatic carbocycles. The summed E-state index contributed by atoms with van der Waals surface area (Å²) in [7, 11) is 0. The van der Waals surface area contributed by atoms with Crippen LogP contribution in [0.4, 0.5) is 23.4 Å². The number of fused-ring (bicyclic) bond motifs is 1. The Morgan fingerprint density at radius 3 is 2.82 bits per heavy atom. The van der Waals surface area contributed by atoms with E-state index >= 15 is 0 Å². The van der Waals surface area contributed by atoms with Crippen molar-refractivity contribution in [2.45, 2.75) is 24.7 Å². The van der Waals surface area contributed by atoms with Gasteiger partial charge in [0.25, 0.3) is 0 Å². The molecule has 1 fully saturated rings. The van der Waals surface area contributed by atoms with Gasteiger partial charge in [0.05, 0.1) is 17.1 Å². The summed E-state index contributed by atoms with van der Waals surface area (Å²) in [5.41, 5.74) is -0.418. The summed E-state index contributed by atoms with van der Waals surface area (Å²) in [6.45, 7) is 4.26. The average Bonchev–Trinajstić information content (AvgIpc) is 3.27. The standard InChI is InChI=1S/C22H18ClF4N5O2/c1-2-17(33)32-9-8-12(10-32)34-16-7-6-15-19(30-16)21(29-11-28-15)31-20(22(25,26)27)13-4-3-5-14(23)18(13)24/h2-7,11-12,20H,1,8-10H2,(H,28,29,31)/t12-,20+/m0/s1. The Bertz CT molecular complexity index is 1240. The lowest BCUT2D eigenvalue weighted by molar-refractivity contribution is -0.144. The van der Waals surface area contributed by atoms with Crippen LogP contribution in [0.2, 0.25) is 5.02 Å². The van der Waals surface area contributed by atoms with E-state index in [0.717, 1.165) is 18.5 Å². The van der Waals surface area contributed by atoms with E-state index in [9.17, 15) is 22.4 Å². The molecule has 3 aromatic rings. The first-order chi connectivity index (χ1) is 16.2. The number of rotatable bonds is 6. The highest BCUT2D eigenvalue weighted by Crippen LogP contribution is 2.38. The molecule has 4 rings (SSSR count). The number of nitrogens with zero attached hydrogens (tertiary/aromatic N) is 4. The minimum atomic E-state index is -4.87. The van der Waals surface area contributed by atoms with Crippen molar-refractivity contribution in [1.82, 2.24) is 19.9 Å². The molecule has 7 nitrogen and oxygen atoms in total. The lowest BCUT2D eigenvalue weighted by atomic mass is 10.1. The summed E-state index contributed by atoms with van der Waals surface area (Å²) in [5, 5.41) is 1.81. The van der Waals surface area contributed by atoms with E-state index in [0.29, 0.717) is 19.5 Å². The van der Waals surface area contributed by atoms with Gasteiger partial charge in [-0.1, -0.05) is 30.3 Å². The largest absolute Gasteiger partial charge is 0.472 e. The highest BCUT2D eigenvalue weighted by molar-refractivity contribution is 6.30. The third kappa shape index (κ3) is 4.89. The lowest BCUT2D eigenvalue weighted by Crippen LogP contribution is -2.29.